The summed E-state index contributed by atoms with van der Waals surface area (Å²) in [5.74, 6) is 1.41. The highest BCUT2D eigenvalue weighted by Gasteiger charge is 2.23. The normalized spacial score (nSPS) is 14.1. The summed E-state index contributed by atoms with van der Waals surface area (Å²) in [7, 11) is 0. The lowest BCUT2D eigenvalue weighted by atomic mass is 9.88. The van der Waals surface area contributed by atoms with Crippen molar-refractivity contribution in [1.29, 1.82) is 0 Å². The van der Waals surface area contributed by atoms with Crippen molar-refractivity contribution in [3.8, 4) is 28.7 Å². The molecule has 0 fully saturated rings. The molecule has 0 N–H and O–H groups in total. The summed E-state index contributed by atoms with van der Waals surface area (Å²) in [5, 5.41) is 2.24. The van der Waals surface area contributed by atoms with Crippen LogP contribution in [0.15, 0.2) is 104 Å². The molecule has 0 spiro atoms. The van der Waals surface area contributed by atoms with Gasteiger partial charge in [-0.05, 0) is 89.5 Å². The van der Waals surface area contributed by atoms with Crippen molar-refractivity contribution in [1.82, 2.24) is 19.1 Å². The smallest absolute Gasteiger partial charge is 0.269 e. The first-order chi connectivity index (χ1) is 26.7. The van der Waals surface area contributed by atoms with Gasteiger partial charge < -0.3 is 4.74 Å². The number of imidazole rings is 1. The summed E-state index contributed by atoms with van der Waals surface area (Å²) in [6, 6.07) is 26.0. The van der Waals surface area contributed by atoms with Crippen LogP contribution in [-0.2, 0) is 23.6 Å². The Balaban J connectivity index is 1.30. The van der Waals surface area contributed by atoms with Crippen LogP contribution in [0, 0.1) is 18.2 Å². The van der Waals surface area contributed by atoms with E-state index >= 15 is 0 Å². The van der Waals surface area contributed by atoms with Crippen LogP contribution in [0.5, 0.6) is 11.5 Å². The molecule has 0 saturated heterocycles. The number of nitrogens with zero attached hydrogens (tertiary/aromatic N) is 5. The number of fused-ring (bicyclic) bond motifs is 3. The number of aromatic nitrogens is 5. The molecule has 0 radical (unpaired) electrons. The van der Waals surface area contributed by atoms with Gasteiger partial charge in [-0.25, -0.2) is 4.98 Å². The fraction of sp³-hybridized carbons (Fsp3) is 0.340. The van der Waals surface area contributed by atoms with Gasteiger partial charge in [0.2, 0.25) is 0 Å². The monoisotopic (exact) mass is 707 g/mol. The Bertz CT molecular complexity index is 2570. The van der Waals surface area contributed by atoms with Crippen LogP contribution in [0.25, 0.3) is 39.0 Å². The van der Waals surface area contributed by atoms with Crippen molar-refractivity contribution >= 4 is 21.8 Å². The van der Waals surface area contributed by atoms with Gasteiger partial charge in [0.25, 0.3) is 6.33 Å². The number of ether oxygens (including phenoxy) is 1. The zero-order chi connectivity index (χ0) is 41.2. The molecule has 4 heterocycles. The number of hydrogen-bond acceptors (Lipinski definition) is 3. The average molecular weight is 708 g/mol. The highest BCUT2D eigenvalue weighted by molar-refractivity contribution is 6.09. The first kappa shape index (κ1) is 31.3. The molecule has 0 bridgehead atoms. The molecule has 6 nitrogen and oxygen atoms in total. The number of pyridine rings is 2. The molecule has 0 aliphatic carbocycles. The van der Waals surface area contributed by atoms with Gasteiger partial charge in [-0.1, -0.05) is 105 Å². The van der Waals surface area contributed by atoms with E-state index in [-0.39, 0.29) is 22.7 Å². The first-order valence-electron chi connectivity index (χ1n) is 20.5. The largest absolute Gasteiger partial charge is 0.456 e. The Morgan fingerprint density at radius 1 is 0.755 bits per heavy atom. The summed E-state index contributed by atoms with van der Waals surface area (Å²) in [6.07, 6.45) is 7.47. The zero-order valence-electron chi connectivity index (χ0n) is 36.6. The molecular formula is C47H53N5O. The maximum atomic E-state index is 8.97. The van der Waals surface area contributed by atoms with E-state index in [0.29, 0.717) is 28.3 Å². The third-order valence-electron chi connectivity index (χ3n) is 9.25. The van der Waals surface area contributed by atoms with Crippen molar-refractivity contribution in [2.75, 3.05) is 0 Å². The Kier molecular flexibility index (Phi) is 8.25. The zero-order valence-corrected chi connectivity index (χ0v) is 32.6. The summed E-state index contributed by atoms with van der Waals surface area (Å²) in [4.78, 5) is 9.39. The van der Waals surface area contributed by atoms with Gasteiger partial charge in [-0.15, -0.1) is 0 Å². The van der Waals surface area contributed by atoms with Crippen LogP contribution in [0.1, 0.15) is 97.1 Å². The van der Waals surface area contributed by atoms with Crippen LogP contribution in [-0.4, -0.2) is 19.1 Å². The average Bonchev–Trinajstić information content (AvgIpc) is 3.75. The molecule has 7 rings (SSSR count). The van der Waals surface area contributed by atoms with E-state index in [4.69, 9.17) is 15.2 Å². The molecule has 0 aliphatic rings. The summed E-state index contributed by atoms with van der Waals surface area (Å²) < 4.78 is 48.4. The number of para-hydroxylation sites is 1. The van der Waals surface area contributed by atoms with Crippen molar-refractivity contribution in [2.24, 2.45) is 11.8 Å². The highest BCUT2D eigenvalue weighted by atomic mass is 16.5. The second-order valence-electron chi connectivity index (χ2n) is 16.6. The van der Waals surface area contributed by atoms with Gasteiger partial charge in [0.05, 0.1) is 34.3 Å². The molecule has 0 amide bonds. The predicted molar refractivity (Wildman–Crippen MR) is 217 cm³/mol. The van der Waals surface area contributed by atoms with Crippen molar-refractivity contribution in [3.63, 3.8) is 0 Å². The summed E-state index contributed by atoms with van der Waals surface area (Å²) in [6.45, 7) is 20.4. The molecule has 4 aromatic heterocycles. The van der Waals surface area contributed by atoms with Gasteiger partial charge in [-0.3, -0.25) is 18.7 Å². The predicted octanol–water partition coefficient (Wildman–Crippen LogP) is 11.2. The van der Waals surface area contributed by atoms with Crippen molar-refractivity contribution in [2.45, 2.75) is 92.8 Å². The van der Waals surface area contributed by atoms with Gasteiger partial charge in [-0.2, -0.15) is 0 Å². The van der Waals surface area contributed by atoms with Crippen LogP contribution in [0.2, 0.25) is 0 Å². The molecule has 0 aliphatic heterocycles. The van der Waals surface area contributed by atoms with Crippen LogP contribution in [0.3, 0.4) is 0 Å². The third kappa shape index (κ3) is 7.64. The fourth-order valence-electron chi connectivity index (χ4n) is 6.80. The van der Waals surface area contributed by atoms with E-state index in [1.54, 1.807) is 18.5 Å². The summed E-state index contributed by atoms with van der Waals surface area (Å²) in [5.41, 5.74) is 6.03. The molecule has 53 heavy (non-hydrogen) atoms. The van der Waals surface area contributed by atoms with E-state index in [0.717, 1.165) is 39.0 Å². The van der Waals surface area contributed by atoms with E-state index in [2.05, 4.69) is 106 Å². The van der Waals surface area contributed by atoms with Gasteiger partial charge >= 0.3 is 0 Å². The molecule has 7 aromatic rings. The minimum atomic E-state index is -1.68. The van der Waals surface area contributed by atoms with E-state index < -0.39 is 12.7 Å². The molecule has 0 saturated carbocycles. The van der Waals surface area contributed by atoms with Gasteiger partial charge in [0.15, 0.2) is 0 Å². The molecule has 0 atom stereocenters. The highest BCUT2D eigenvalue weighted by Crippen LogP contribution is 2.36. The minimum absolute atomic E-state index is 0.0348. The van der Waals surface area contributed by atoms with Crippen molar-refractivity contribution in [3.05, 3.63) is 132 Å². The molecule has 6 heteroatoms. The topological polar surface area (TPSA) is 48.8 Å². The maximum Gasteiger partial charge on any atom is 0.269 e. The SMILES string of the molecule is [2H]C([2H])(c1cc(-[n+]2[c-]n(-c3cncc(Oc4ccc5c6ccccc6n(-c6cc(C(C)(C)C)ccn6)c5c4)c3)cc2C(C)(C)C)cc(C([2H])([2H])C(C)C)c1)C(C)C. The van der Waals surface area contributed by atoms with E-state index in [1.807, 2.05) is 73.5 Å². The lowest BCUT2D eigenvalue weighted by Crippen LogP contribution is -2.39. The van der Waals surface area contributed by atoms with E-state index in [9.17, 15) is 0 Å². The Morgan fingerprint density at radius 2 is 1.45 bits per heavy atom. The van der Waals surface area contributed by atoms with Crippen LogP contribution >= 0.6 is 0 Å². The number of hydrogen-bond donors (Lipinski definition) is 0. The fourth-order valence-corrected chi connectivity index (χ4v) is 6.80. The van der Waals surface area contributed by atoms with Crippen molar-refractivity contribution < 1.29 is 14.8 Å². The Morgan fingerprint density at radius 3 is 2.13 bits per heavy atom. The van der Waals surface area contributed by atoms with Gasteiger partial charge in [0.1, 0.15) is 17.3 Å². The van der Waals surface area contributed by atoms with Crippen LogP contribution in [0.4, 0.5) is 0 Å². The molecule has 3 aromatic carbocycles. The molecular weight excluding hydrogens is 651 g/mol. The number of benzene rings is 3. The van der Waals surface area contributed by atoms with E-state index in [1.165, 1.54) is 5.56 Å². The van der Waals surface area contributed by atoms with Gasteiger partial charge in [0, 0.05) is 40.9 Å². The molecule has 272 valence electrons. The lowest BCUT2D eigenvalue weighted by Gasteiger charge is -2.22. The first-order valence-corrected chi connectivity index (χ1v) is 18.5. The Hall–Kier alpha value is -5.23. The van der Waals surface area contributed by atoms with Crippen LogP contribution < -0.4 is 9.30 Å². The third-order valence-corrected chi connectivity index (χ3v) is 9.25. The maximum absolute atomic E-state index is 8.97. The lowest BCUT2D eigenvalue weighted by molar-refractivity contribution is -0.611. The standard InChI is InChI=1S/C47H53N5O/c1-31(2)19-33-21-34(20-32(3)4)23-36(22-33)51-30-50(29-44(51)47(8,9)10)37-25-39(28-48-27-37)53-38-15-16-41-40-13-11-12-14-42(40)52(43(41)26-38)45-24-35(17-18-49-45)46(5,6)7/h11-18,21-29,31-32H,19-20H2,1-10H3/i19D2,20D2. The second kappa shape index (κ2) is 14.0. The quantitative estimate of drug-likeness (QED) is 0.111. The summed E-state index contributed by atoms with van der Waals surface area (Å²) >= 11 is 0. The molecule has 0 unspecified atom stereocenters. The Labute approximate surface area is 320 Å². The second-order valence-corrected chi connectivity index (χ2v) is 16.6. The minimum Gasteiger partial charge on any atom is -0.456 e. The number of rotatable bonds is 9.